The van der Waals surface area contributed by atoms with Crippen molar-refractivity contribution in [2.24, 2.45) is 0 Å². The summed E-state index contributed by atoms with van der Waals surface area (Å²) < 4.78 is 34.2. The van der Waals surface area contributed by atoms with E-state index in [1.54, 1.807) is 0 Å². The molecule has 0 bridgehead atoms. The van der Waals surface area contributed by atoms with Crippen molar-refractivity contribution in [3.8, 4) is 0 Å². The third-order valence-corrected chi connectivity index (χ3v) is 16.0. The van der Waals surface area contributed by atoms with Crippen LogP contribution in [-0.4, -0.2) is 70.0 Å². The Kier molecular flexibility index (Phi) is 59.0. The Hall–Kier alpha value is -2.03. The zero-order chi connectivity index (χ0) is 57.7. The summed E-state index contributed by atoms with van der Waals surface area (Å²) in [6.45, 7) is 4.25. The zero-order valence-corrected chi connectivity index (χ0v) is 53.7. The highest BCUT2D eigenvalue weighted by Gasteiger charge is 2.22. The van der Waals surface area contributed by atoms with Crippen molar-refractivity contribution >= 4 is 19.8 Å². The maximum atomic E-state index is 12.8. The lowest BCUT2D eigenvalue weighted by atomic mass is 10.0. The number of allylic oxidation sites excluding steroid dienone is 8. The Bertz CT molecular complexity index is 1470. The van der Waals surface area contributed by atoms with E-state index >= 15 is 0 Å². The normalized spacial score (nSPS) is 13.4. The third kappa shape index (κ3) is 65.0. The molecule has 0 saturated heterocycles. The van der Waals surface area contributed by atoms with E-state index in [0.29, 0.717) is 17.4 Å². The highest BCUT2D eigenvalue weighted by molar-refractivity contribution is 7.45. The maximum Gasteiger partial charge on any atom is 0.306 e. The number of quaternary nitrogens is 1. The highest BCUT2D eigenvalue weighted by Crippen LogP contribution is 2.38. The molecule has 2 unspecified atom stereocenters. The SMILES string of the molecule is CCCCCC/C=C\C/C=C\CCCCCCCCCC(=O)OCC(COP(=O)([O-])OCC[N+](C)(C)C)OC(=O)CCCCCCCCCCCCCCCCCCCCCCCCCCC/C=C\C/C=C\CCCCCCC. The molecule has 0 spiro atoms. The van der Waals surface area contributed by atoms with Crippen LogP contribution in [0.1, 0.15) is 328 Å². The minimum absolute atomic E-state index is 0.0309. The molecule has 0 radical (unpaired) electrons. The van der Waals surface area contributed by atoms with Crippen LogP contribution in [0.2, 0.25) is 0 Å². The van der Waals surface area contributed by atoms with Gasteiger partial charge in [-0.05, 0) is 77.0 Å². The first-order valence-corrected chi connectivity index (χ1v) is 35.3. The van der Waals surface area contributed by atoms with Gasteiger partial charge in [0, 0.05) is 12.8 Å². The summed E-state index contributed by atoms with van der Waals surface area (Å²) in [6, 6.07) is 0. The summed E-state index contributed by atoms with van der Waals surface area (Å²) in [5, 5.41) is 0. The quantitative estimate of drug-likeness (QED) is 0.0195. The Labute approximate surface area is 490 Å². The summed E-state index contributed by atoms with van der Waals surface area (Å²) in [7, 11) is 1.17. The smallest absolute Gasteiger partial charge is 0.306 e. The summed E-state index contributed by atoms with van der Waals surface area (Å²) in [6.07, 6.45) is 77.7. The van der Waals surface area contributed by atoms with Gasteiger partial charge < -0.3 is 27.9 Å². The van der Waals surface area contributed by atoms with Gasteiger partial charge in [-0.1, -0.05) is 287 Å². The molecule has 9 nitrogen and oxygen atoms in total. The first-order chi connectivity index (χ1) is 38.5. The van der Waals surface area contributed by atoms with E-state index in [4.69, 9.17) is 18.5 Å². The van der Waals surface area contributed by atoms with Crippen LogP contribution in [0.15, 0.2) is 48.6 Å². The number of unbranched alkanes of at least 4 members (excludes halogenated alkanes) is 41. The molecular formula is C69H130NO8P. The molecule has 0 fully saturated rings. The topological polar surface area (TPSA) is 111 Å². The summed E-state index contributed by atoms with van der Waals surface area (Å²) in [4.78, 5) is 37.9. The number of hydrogen-bond acceptors (Lipinski definition) is 8. The number of phosphoric acid groups is 1. The van der Waals surface area contributed by atoms with Crippen molar-refractivity contribution < 1.29 is 42.1 Å². The molecule has 0 aliphatic heterocycles. The fourth-order valence-electron chi connectivity index (χ4n) is 9.84. The second-order valence-electron chi connectivity index (χ2n) is 24.2. The van der Waals surface area contributed by atoms with Crippen molar-refractivity contribution in [2.75, 3.05) is 47.5 Å². The summed E-state index contributed by atoms with van der Waals surface area (Å²) >= 11 is 0. The van der Waals surface area contributed by atoms with Gasteiger partial charge in [-0.15, -0.1) is 0 Å². The molecule has 0 heterocycles. The molecule has 0 rings (SSSR count). The Morgan fingerprint density at radius 3 is 1.01 bits per heavy atom. The van der Waals surface area contributed by atoms with Crippen LogP contribution in [0, 0.1) is 0 Å². The van der Waals surface area contributed by atoms with Gasteiger partial charge in [0.25, 0.3) is 7.82 Å². The molecule has 0 aliphatic carbocycles. The van der Waals surface area contributed by atoms with Gasteiger partial charge in [-0.25, -0.2) is 0 Å². The van der Waals surface area contributed by atoms with E-state index in [-0.39, 0.29) is 32.0 Å². The van der Waals surface area contributed by atoms with Crippen LogP contribution >= 0.6 is 7.82 Å². The van der Waals surface area contributed by atoms with Crippen LogP contribution in [-0.2, 0) is 32.7 Å². The number of nitrogens with zero attached hydrogens (tertiary/aromatic N) is 1. The maximum absolute atomic E-state index is 12.8. The first kappa shape index (κ1) is 77.0. The third-order valence-electron chi connectivity index (χ3n) is 15.1. The number of carbonyl (C=O) groups excluding carboxylic acids is 2. The van der Waals surface area contributed by atoms with Crippen molar-refractivity contribution in [3.05, 3.63) is 48.6 Å². The molecule has 0 aromatic heterocycles. The second kappa shape index (κ2) is 60.6. The number of hydrogen-bond donors (Lipinski definition) is 0. The fourth-order valence-corrected chi connectivity index (χ4v) is 10.6. The van der Waals surface area contributed by atoms with Gasteiger partial charge >= 0.3 is 11.9 Å². The summed E-state index contributed by atoms with van der Waals surface area (Å²) in [5.41, 5.74) is 0. The van der Waals surface area contributed by atoms with Crippen LogP contribution in [0.4, 0.5) is 0 Å². The largest absolute Gasteiger partial charge is 0.756 e. The molecule has 0 amide bonds. The van der Waals surface area contributed by atoms with Crippen LogP contribution < -0.4 is 4.89 Å². The standard InChI is InChI=1S/C69H130NO8P/c1-6-8-10-12-14-16-18-20-22-24-26-27-28-29-30-31-32-33-34-35-36-37-38-39-40-41-42-43-44-46-48-50-52-54-56-58-60-62-69(72)78-67(66-77-79(73,74)76-64-63-70(3,4)5)65-75-68(71)61-59-57-55-53-51-49-47-45-25-23-21-19-17-15-13-11-9-7-2/h17-20,23-26,67H,6-16,21-22,27-66H2,1-5H3/b19-17-,20-18-,25-23-,26-24-. The Balaban J connectivity index is 3.94. The average molecular weight is 1130 g/mol. The van der Waals surface area contributed by atoms with Gasteiger partial charge in [0.2, 0.25) is 0 Å². The molecule has 0 aromatic rings. The molecule has 0 aromatic carbocycles. The van der Waals surface area contributed by atoms with Crippen molar-refractivity contribution in [2.45, 2.75) is 335 Å². The lowest BCUT2D eigenvalue weighted by Gasteiger charge is -2.28. The van der Waals surface area contributed by atoms with Crippen molar-refractivity contribution in [3.63, 3.8) is 0 Å². The van der Waals surface area contributed by atoms with E-state index < -0.39 is 26.5 Å². The molecule has 0 aliphatic rings. The number of esters is 2. The van der Waals surface area contributed by atoms with E-state index in [9.17, 15) is 19.0 Å². The monoisotopic (exact) mass is 1130 g/mol. The van der Waals surface area contributed by atoms with Crippen LogP contribution in [0.3, 0.4) is 0 Å². The van der Waals surface area contributed by atoms with E-state index in [1.807, 2.05) is 21.1 Å². The Morgan fingerprint density at radius 1 is 0.392 bits per heavy atom. The fraction of sp³-hybridized carbons (Fsp3) is 0.855. The van der Waals surface area contributed by atoms with E-state index in [2.05, 4.69) is 62.5 Å². The first-order valence-electron chi connectivity index (χ1n) is 33.8. The second-order valence-corrected chi connectivity index (χ2v) is 25.6. The molecular weight excluding hydrogens is 1000 g/mol. The summed E-state index contributed by atoms with van der Waals surface area (Å²) in [5.74, 6) is -0.828. The molecule has 0 saturated carbocycles. The molecule has 464 valence electrons. The minimum Gasteiger partial charge on any atom is -0.756 e. The predicted octanol–water partition coefficient (Wildman–Crippen LogP) is 21.0. The van der Waals surface area contributed by atoms with E-state index in [0.717, 1.165) is 57.8 Å². The number of rotatable bonds is 63. The lowest BCUT2D eigenvalue weighted by Crippen LogP contribution is -2.37. The molecule has 2 atom stereocenters. The average Bonchev–Trinajstić information content (AvgIpc) is 3.41. The lowest BCUT2D eigenvalue weighted by molar-refractivity contribution is -0.870. The van der Waals surface area contributed by atoms with Gasteiger partial charge in [0.15, 0.2) is 6.10 Å². The van der Waals surface area contributed by atoms with Crippen molar-refractivity contribution in [1.29, 1.82) is 0 Å². The van der Waals surface area contributed by atoms with Gasteiger partial charge in [0.05, 0.1) is 27.7 Å². The van der Waals surface area contributed by atoms with Gasteiger partial charge in [0.1, 0.15) is 19.8 Å². The molecule has 79 heavy (non-hydrogen) atoms. The van der Waals surface area contributed by atoms with Crippen LogP contribution in [0.25, 0.3) is 0 Å². The number of phosphoric ester groups is 1. The molecule has 0 N–H and O–H groups in total. The predicted molar refractivity (Wildman–Crippen MR) is 337 cm³/mol. The van der Waals surface area contributed by atoms with Gasteiger partial charge in [-0.3, -0.25) is 14.2 Å². The number of carbonyl (C=O) groups is 2. The minimum atomic E-state index is -4.64. The van der Waals surface area contributed by atoms with E-state index in [1.165, 1.54) is 238 Å². The van der Waals surface area contributed by atoms with Gasteiger partial charge in [-0.2, -0.15) is 0 Å². The molecule has 10 heteroatoms. The zero-order valence-electron chi connectivity index (χ0n) is 52.8. The van der Waals surface area contributed by atoms with Crippen molar-refractivity contribution in [1.82, 2.24) is 0 Å². The van der Waals surface area contributed by atoms with Crippen LogP contribution in [0.5, 0.6) is 0 Å². The Morgan fingerprint density at radius 2 is 0.684 bits per heavy atom. The number of ether oxygens (including phenoxy) is 2. The highest BCUT2D eigenvalue weighted by atomic mass is 31.2. The number of likely N-dealkylation sites (N-methyl/N-ethyl adjacent to an activating group) is 1.